The number of rotatable bonds is 3. The molecule has 0 aromatic carbocycles. The molecule has 2 aromatic heterocycles. The second kappa shape index (κ2) is 3.77. The minimum absolute atomic E-state index is 0.417. The second-order valence-corrected chi connectivity index (χ2v) is 3.80. The van der Waals surface area contributed by atoms with Gasteiger partial charge in [-0.15, -0.1) is 0 Å². The predicted molar refractivity (Wildman–Crippen MR) is 55.3 cm³/mol. The maximum absolute atomic E-state index is 12.9. The van der Waals surface area contributed by atoms with Crippen LogP contribution in [0.2, 0.25) is 0 Å². The highest BCUT2D eigenvalue weighted by Gasteiger charge is 2.23. The molecule has 0 fully saturated rings. The maximum Gasteiger partial charge on any atom is 0.264 e. The summed E-state index contributed by atoms with van der Waals surface area (Å²) in [7, 11) is 0. The lowest BCUT2D eigenvalue weighted by molar-refractivity contribution is 0.00165. The smallest absolute Gasteiger partial charge is 0.249 e. The van der Waals surface area contributed by atoms with E-state index in [0.717, 1.165) is 19.0 Å². The molecule has 16 heavy (non-hydrogen) atoms. The fourth-order valence-electron chi connectivity index (χ4n) is 1.43. The fraction of sp³-hybridized carbons (Fsp3) is 0.500. The van der Waals surface area contributed by atoms with E-state index >= 15 is 0 Å². The normalized spacial score (nSPS) is 12.2. The van der Waals surface area contributed by atoms with Crippen molar-refractivity contribution in [2.45, 2.75) is 32.7 Å². The monoisotopic (exact) mass is 226 g/mol. The molecule has 0 saturated carbocycles. The molecule has 0 spiro atoms. The highest BCUT2D eigenvalue weighted by molar-refractivity contribution is 5.69. The number of aryl methyl sites for hydroxylation is 1. The summed E-state index contributed by atoms with van der Waals surface area (Å²) in [6.45, 7) is 2.32. The van der Waals surface area contributed by atoms with Gasteiger partial charge in [0.25, 0.3) is 5.92 Å². The van der Waals surface area contributed by atoms with Crippen molar-refractivity contribution < 1.29 is 8.78 Å². The zero-order valence-electron chi connectivity index (χ0n) is 9.11. The van der Waals surface area contributed by atoms with Gasteiger partial charge >= 0.3 is 0 Å². The standard InChI is InChI=1S/C10H12F2N4/c1-3-7-4-13-8-5-14-16(9(8)15-7)6-10(2,11)12/h4-5H,3,6H2,1-2H3. The molecule has 0 aliphatic carbocycles. The second-order valence-electron chi connectivity index (χ2n) is 3.80. The Morgan fingerprint density at radius 1 is 1.38 bits per heavy atom. The van der Waals surface area contributed by atoms with E-state index in [9.17, 15) is 8.78 Å². The number of alkyl halides is 2. The molecule has 2 rings (SSSR count). The Morgan fingerprint density at radius 3 is 2.75 bits per heavy atom. The summed E-state index contributed by atoms with van der Waals surface area (Å²) in [5.74, 6) is -2.80. The van der Waals surface area contributed by atoms with E-state index in [1.54, 1.807) is 6.20 Å². The molecule has 86 valence electrons. The van der Waals surface area contributed by atoms with Crippen LogP contribution in [0.3, 0.4) is 0 Å². The van der Waals surface area contributed by atoms with Gasteiger partial charge in [0.1, 0.15) is 12.1 Å². The molecule has 0 radical (unpaired) electrons. The lowest BCUT2D eigenvalue weighted by atomic mass is 10.3. The number of halogens is 2. The van der Waals surface area contributed by atoms with E-state index in [4.69, 9.17) is 0 Å². The largest absolute Gasteiger partial charge is 0.264 e. The SMILES string of the molecule is CCc1cnc2cnn(CC(C)(F)F)c2n1. The summed E-state index contributed by atoms with van der Waals surface area (Å²) in [6.07, 6.45) is 3.81. The maximum atomic E-state index is 12.9. The molecule has 2 heterocycles. The van der Waals surface area contributed by atoms with Crippen LogP contribution in [0.25, 0.3) is 11.2 Å². The van der Waals surface area contributed by atoms with Crippen molar-refractivity contribution in [1.29, 1.82) is 0 Å². The summed E-state index contributed by atoms with van der Waals surface area (Å²) < 4.78 is 27.0. The first-order valence-corrected chi connectivity index (χ1v) is 5.05. The number of hydrogen-bond acceptors (Lipinski definition) is 3. The van der Waals surface area contributed by atoms with Crippen molar-refractivity contribution in [3.63, 3.8) is 0 Å². The van der Waals surface area contributed by atoms with E-state index < -0.39 is 12.5 Å². The Kier molecular flexibility index (Phi) is 2.57. The number of hydrogen-bond donors (Lipinski definition) is 0. The van der Waals surface area contributed by atoms with Gasteiger partial charge in [-0.2, -0.15) is 5.10 Å². The van der Waals surface area contributed by atoms with Crippen molar-refractivity contribution in [3.8, 4) is 0 Å². The topological polar surface area (TPSA) is 43.6 Å². The van der Waals surface area contributed by atoms with Crippen LogP contribution in [0.1, 0.15) is 19.5 Å². The van der Waals surface area contributed by atoms with E-state index in [1.165, 1.54) is 10.9 Å². The molecule has 4 nitrogen and oxygen atoms in total. The first-order chi connectivity index (χ1) is 7.49. The third-order valence-electron chi connectivity index (χ3n) is 2.18. The molecule has 0 amide bonds. The van der Waals surface area contributed by atoms with E-state index in [1.807, 2.05) is 6.92 Å². The van der Waals surface area contributed by atoms with Gasteiger partial charge < -0.3 is 0 Å². The van der Waals surface area contributed by atoms with Gasteiger partial charge in [0.05, 0.1) is 11.9 Å². The van der Waals surface area contributed by atoms with Crippen molar-refractivity contribution >= 4 is 11.2 Å². The third-order valence-corrected chi connectivity index (χ3v) is 2.18. The number of nitrogens with zero attached hydrogens (tertiary/aromatic N) is 4. The molecule has 2 aromatic rings. The van der Waals surface area contributed by atoms with Crippen LogP contribution in [0.15, 0.2) is 12.4 Å². The molecule has 0 unspecified atom stereocenters. The lowest BCUT2D eigenvalue weighted by Gasteiger charge is -2.10. The Balaban J connectivity index is 2.46. The molecule has 0 saturated heterocycles. The minimum atomic E-state index is -2.80. The zero-order chi connectivity index (χ0) is 11.8. The van der Waals surface area contributed by atoms with Crippen LogP contribution < -0.4 is 0 Å². The van der Waals surface area contributed by atoms with E-state index in [-0.39, 0.29) is 0 Å². The highest BCUT2D eigenvalue weighted by Crippen LogP contribution is 2.17. The molecule has 0 aliphatic rings. The molecule has 0 atom stereocenters. The zero-order valence-corrected chi connectivity index (χ0v) is 9.11. The van der Waals surface area contributed by atoms with Crippen LogP contribution in [-0.4, -0.2) is 25.7 Å². The number of aromatic nitrogens is 4. The van der Waals surface area contributed by atoms with Crippen LogP contribution in [-0.2, 0) is 13.0 Å². The molecule has 0 bridgehead atoms. The summed E-state index contributed by atoms with van der Waals surface area (Å²) in [5, 5.41) is 3.87. The van der Waals surface area contributed by atoms with Crippen molar-refractivity contribution in [2.75, 3.05) is 0 Å². The lowest BCUT2D eigenvalue weighted by Crippen LogP contribution is -2.20. The summed E-state index contributed by atoms with van der Waals surface area (Å²) in [6, 6.07) is 0. The van der Waals surface area contributed by atoms with Gasteiger partial charge in [0, 0.05) is 13.1 Å². The average molecular weight is 226 g/mol. The Hall–Kier alpha value is -1.59. The van der Waals surface area contributed by atoms with Gasteiger partial charge in [-0.05, 0) is 6.42 Å². The predicted octanol–water partition coefficient (Wildman–Crippen LogP) is 2.04. The first kappa shape index (κ1) is 10.9. The average Bonchev–Trinajstić information content (AvgIpc) is 2.58. The first-order valence-electron chi connectivity index (χ1n) is 5.05. The molecular weight excluding hydrogens is 214 g/mol. The van der Waals surface area contributed by atoms with Gasteiger partial charge in [-0.25, -0.2) is 23.4 Å². The van der Waals surface area contributed by atoms with E-state index in [2.05, 4.69) is 15.1 Å². The highest BCUT2D eigenvalue weighted by atomic mass is 19.3. The van der Waals surface area contributed by atoms with Gasteiger partial charge in [-0.1, -0.05) is 6.92 Å². The summed E-state index contributed by atoms with van der Waals surface area (Å²) >= 11 is 0. The molecule has 0 aliphatic heterocycles. The third kappa shape index (κ3) is 2.15. The quantitative estimate of drug-likeness (QED) is 0.804. The van der Waals surface area contributed by atoms with Crippen molar-refractivity contribution in [3.05, 3.63) is 18.1 Å². The Labute approximate surface area is 91.3 Å². The van der Waals surface area contributed by atoms with Crippen LogP contribution in [0.5, 0.6) is 0 Å². The van der Waals surface area contributed by atoms with Gasteiger partial charge in [0.2, 0.25) is 0 Å². The van der Waals surface area contributed by atoms with Crippen molar-refractivity contribution in [1.82, 2.24) is 19.7 Å². The van der Waals surface area contributed by atoms with Gasteiger partial charge in [0.15, 0.2) is 5.65 Å². The molecular formula is C10H12F2N4. The summed E-state index contributed by atoms with van der Waals surface area (Å²) in [4.78, 5) is 8.35. The van der Waals surface area contributed by atoms with Gasteiger partial charge in [-0.3, -0.25) is 0 Å². The molecule has 0 N–H and O–H groups in total. The summed E-state index contributed by atoms with van der Waals surface area (Å²) in [5.41, 5.74) is 1.73. The Bertz CT molecular complexity index is 501. The minimum Gasteiger partial charge on any atom is -0.249 e. The number of fused-ring (bicyclic) bond motifs is 1. The van der Waals surface area contributed by atoms with Crippen molar-refractivity contribution in [2.24, 2.45) is 0 Å². The van der Waals surface area contributed by atoms with Crippen LogP contribution in [0, 0.1) is 0 Å². The molecule has 6 heteroatoms. The van der Waals surface area contributed by atoms with E-state index in [0.29, 0.717) is 11.2 Å². The fourth-order valence-corrected chi connectivity index (χ4v) is 1.43. The Morgan fingerprint density at radius 2 is 2.12 bits per heavy atom. The van der Waals surface area contributed by atoms with Crippen LogP contribution >= 0.6 is 0 Å². The van der Waals surface area contributed by atoms with Crippen LogP contribution in [0.4, 0.5) is 8.78 Å².